The lowest BCUT2D eigenvalue weighted by Gasteiger charge is -2.26. The van der Waals surface area contributed by atoms with Crippen molar-refractivity contribution in [1.82, 2.24) is 0 Å². The molecule has 9 heteroatoms. The first kappa shape index (κ1) is 39.9. The van der Waals surface area contributed by atoms with Crippen molar-refractivity contribution in [1.29, 1.82) is 0 Å². The molecule has 0 aliphatic carbocycles. The Labute approximate surface area is 338 Å². The molecule has 0 fully saturated rings. The van der Waals surface area contributed by atoms with Crippen LogP contribution in [-0.4, -0.2) is 79.4 Å². The highest BCUT2D eigenvalue weighted by Crippen LogP contribution is 2.39. The maximum absolute atomic E-state index is 5.74. The van der Waals surface area contributed by atoms with Gasteiger partial charge in [0.2, 0.25) is 0 Å². The second-order valence-electron chi connectivity index (χ2n) is 15.2. The quantitative estimate of drug-likeness (QED) is 0.100. The van der Waals surface area contributed by atoms with E-state index in [0.717, 1.165) is 135 Å². The van der Waals surface area contributed by atoms with E-state index in [2.05, 4.69) is 66.7 Å². The molecule has 7 rings (SSSR count). The van der Waals surface area contributed by atoms with Crippen LogP contribution in [0.3, 0.4) is 0 Å². The van der Waals surface area contributed by atoms with E-state index in [1.807, 2.05) is 0 Å². The van der Waals surface area contributed by atoms with Crippen LogP contribution in [0.15, 0.2) is 81.7 Å². The number of ether oxygens (including phenoxy) is 6. The summed E-state index contributed by atoms with van der Waals surface area (Å²) >= 11 is 0. The number of hydrogen-bond donors (Lipinski definition) is 0. The first-order valence-electron chi connectivity index (χ1n) is 20.4. The zero-order valence-electron chi connectivity index (χ0n) is 34.5. The number of nitrogens with zero attached hydrogens (tertiary/aromatic N) is 3. The maximum Gasteiger partial charge on any atom is 0.161 e. The molecule has 9 nitrogen and oxygen atoms in total. The van der Waals surface area contributed by atoms with Gasteiger partial charge in [-0.25, -0.2) is 0 Å². The summed E-state index contributed by atoms with van der Waals surface area (Å²) in [7, 11) is 10.2. The Bertz CT molecular complexity index is 2040. The average molecular weight is 772 g/mol. The summed E-state index contributed by atoms with van der Waals surface area (Å²) in [5.74, 6) is 5.30. The fourth-order valence-corrected chi connectivity index (χ4v) is 8.88. The smallest absolute Gasteiger partial charge is 0.161 e. The first-order chi connectivity index (χ1) is 28.0. The van der Waals surface area contributed by atoms with Crippen molar-refractivity contribution in [3.8, 4) is 34.5 Å². The predicted octanol–water partition coefficient (Wildman–Crippen LogP) is 9.30. The minimum absolute atomic E-state index is 0.306. The van der Waals surface area contributed by atoms with Gasteiger partial charge in [-0.05, 0) is 135 Å². The van der Waals surface area contributed by atoms with E-state index in [4.69, 9.17) is 43.4 Å². The van der Waals surface area contributed by atoms with E-state index in [-0.39, 0.29) is 0 Å². The third-order valence-electron chi connectivity index (χ3n) is 12.0. The molecule has 0 saturated heterocycles. The van der Waals surface area contributed by atoms with Crippen molar-refractivity contribution in [3.05, 3.63) is 106 Å². The second-order valence-corrected chi connectivity index (χ2v) is 15.2. The zero-order chi connectivity index (χ0) is 39.7. The third-order valence-corrected chi connectivity index (χ3v) is 12.0. The van der Waals surface area contributed by atoms with E-state index in [0.29, 0.717) is 11.8 Å². The monoisotopic (exact) mass is 771 g/mol. The molecule has 0 spiro atoms. The van der Waals surface area contributed by atoms with Crippen LogP contribution in [0.2, 0.25) is 0 Å². The summed E-state index contributed by atoms with van der Waals surface area (Å²) in [6.07, 6.45) is 9.54. The standard InChI is InChI=1S/C48H57N3O6/c1-52-43-25-34-18-21-49-40(37(34)28-46(43)55-4)16-13-31(14-17-41-38-29-47(56-5)44(53-2)26-35(38)19-22-50-41)12-15-33(32-10-8-7-9-11-32)24-42-39-30-48(57-6)45(54-3)27-36(39)20-23-51-42/h7-11,25-31,33H,12-24H2,1-6H3. The van der Waals surface area contributed by atoms with Crippen molar-refractivity contribution >= 4 is 17.1 Å². The normalized spacial score (nSPS) is 15.0. The number of rotatable bonds is 18. The molecular weight excluding hydrogens is 715 g/mol. The van der Waals surface area contributed by atoms with Crippen molar-refractivity contribution in [2.75, 3.05) is 62.3 Å². The summed E-state index contributed by atoms with van der Waals surface area (Å²) in [5.41, 5.74) is 12.2. The van der Waals surface area contributed by atoms with Crippen molar-refractivity contribution in [2.45, 2.75) is 70.1 Å². The Hall–Kier alpha value is -5.31. The van der Waals surface area contributed by atoms with Crippen LogP contribution < -0.4 is 28.4 Å². The van der Waals surface area contributed by atoms with Gasteiger partial charge in [-0.3, -0.25) is 15.0 Å². The summed E-state index contributed by atoms with van der Waals surface area (Å²) in [5, 5.41) is 0. The van der Waals surface area contributed by atoms with Crippen LogP contribution in [0.25, 0.3) is 0 Å². The summed E-state index contributed by atoms with van der Waals surface area (Å²) in [6.45, 7) is 2.36. The number of methoxy groups -OCH3 is 6. The van der Waals surface area contributed by atoms with Gasteiger partial charge in [-0.2, -0.15) is 0 Å². The van der Waals surface area contributed by atoms with Crippen LogP contribution >= 0.6 is 0 Å². The van der Waals surface area contributed by atoms with Gasteiger partial charge in [0.15, 0.2) is 34.5 Å². The molecule has 1 atom stereocenters. The largest absolute Gasteiger partial charge is 0.493 e. The molecule has 0 bridgehead atoms. The fourth-order valence-electron chi connectivity index (χ4n) is 8.88. The molecular formula is C48H57N3O6. The third kappa shape index (κ3) is 8.98. The van der Waals surface area contributed by atoms with E-state index in [1.165, 1.54) is 38.9 Å². The molecule has 1 unspecified atom stereocenters. The van der Waals surface area contributed by atoms with Gasteiger partial charge in [0, 0.05) is 53.5 Å². The molecule has 300 valence electrons. The lowest BCUT2D eigenvalue weighted by Crippen LogP contribution is -2.19. The van der Waals surface area contributed by atoms with Gasteiger partial charge in [0.25, 0.3) is 0 Å². The molecule has 4 aromatic rings. The highest BCUT2D eigenvalue weighted by Gasteiger charge is 2.26. The molecule has 0 radical (unpaired) electrons. The fraction of sp³-hybridized carbons (Fsp3) is 0.438. The van der Waals surface area contributed by atoms with Crippen LogP contribution in [0, 0.1) is 5.92 Å². The van der Waals surface area contributed by atoms with E-state index < -0.39 is 0 Å². The van der Waals surface area contributed by atoms with Gasteiger partial charge < -0.3 is 28.4 Å². The molecule has 0 saturated carbocycles. The van der Waals surface area contributed by atoms with Gasteiger partial charge in [-0.15, -0.1) is 0 Å². The Morgan fingerprint density at radius 1 is 0.456 bits per heavy atom. The summed E-state index contributed by atoms with van der Waals surface area (Å²) < 4.78 is 34.2. The number of benzene rings is 4. The summed E-state index contributed by atoms with van der Waals surface area (Å²) in [6, 6.07) is 23.7. The number of aliphatic imine (C=N–C) groups is 3. The molecule has 3 heterocycles. The molecule has 4 aromatic carbocycles. The Morgan fingerprint density at radius 3 is 1.26 bits per heavy atom. The van der Waals surface area contributed by atoms with Crippen LogP contribution in [0.4, 0.5) is 0 Å². The second kappa shape index (κ2) is 18.8. The topological polar surface area (TPSA) is 92.5 Å². The molecule has 3 aliphatic heterocycles. The Balaban J connectivity index is 1.15. The van der Waals surface area contributed by atoms with Gasteiger partial charge in [-0.1, -0.05) is 30.3 Å². The lowest BCUT2D eigenvalue weighted by atomic mass is 9.81. The predicted molar refractivity (Wildman–Crippen MR) is 229 cm³/mol. The Morgan fingerprint density at radius 2 is 0.842 bits per heavy atom. The lowest BCUT2D eigenvalue weighted by molar-refractivity contribution is 0.354. The summed E-state index contributed by atoms with van der Waals surface area (Å²) in [4.78, 5) is 15.3. The van der Waals surface area contributed by atoms with Crippen LogP contribution in [0.1, 0.15) is 89.8 Å². The minimum atomic E-state index is 0.306. The van der Waals surface area contributed by atoms with Crippen molar-refractivity contribution in [2.24, 2.45) is 20.9 Å². The molecule has 0 amide bonds. The first-order valence-corrected chi connectivity index (χ1v) is 20.4. The van der Waals surface area contributed by atoms with E-state index >= 15 is 0 Å². The number of fused-ring (bicyclic) bond motifs is 3. The molecule has 3 aliphatic rings. The van der Waals surface area contributed by atoms with Gasteiger partial charge in [0.05, 0.1) is 42.7 Å². The van der Waals surface area contributed by atoms with Crippen molar-refractivity contribution in [3.63, 3.8) is 0 Å². The van der Waals surface area contributed by atoms with Crippen LogP contribution in [-0.2, 0) is 19.3 Å². The highest BCUT2D eigenvalue weighted by atomic mass is 16.5. The van der Waals surface area contributed by atoms with E-state index in [1.54, 1.807) is 42.7 Å². The molecule has 0 N–H and O–H groups in total. The Kier molecular flexibility index (Phi) is 13.1. The molecule has 0 aromatic heterocycles. The SMILES string of the molecule is COc1cc2c(cc1OC)C(CCC(CCC1=NCCc3cc(OC)c(OC)cc31)CCC(CC1=NCCc3cc(OC)c(OC)cc31)c1ccccc1)=NCC2. The van der Waals surface area contributed by atoms with E-state index in [9.17, 15) is 0 Å². The maximum atomic E-state index is 5.74. The minimum Gasteiger partial charge on any atom is -0.493 e. The molecule has 57 heavy (non-hydrogen) atoms. The zero-order valence-corrected chi connectivity index (χ0v) is 34.5. The average Bonchev–Trinajstić information content (AvgIpc) is 3.26. The van der Waals surface area contributed by atoms with Crippen molar-refractivity contribution < 1.29 is 28.4 Å². The van der Waals surface area contributed by atoms with Crippen LogP contribution in [0.5, 0.6) is 34.5 Å². The van der Waals surface area contributed by atoms with Gasteiger partial charge >= 0.3 is 0 Å². The highest BCUT2D eigenvalue weighted by molar-refractivity contribution is 6.04. The van der Waals surface area contributed by atoms with Gasteiger partial charge in [0.1, 0.15) is 0 Å². The number of hydrogen-bond acceptors (Lipinski definition) is 9.